The van der Waals surface area contributed by atoms with Crippen molar-refractivity contribution >= 4 is 44.2 Å². The van der Waals surface area contributed by atoms with Crippen LogP contribution in [-0.2, 0) is 16.6 Å². The highest BCUT2D eigenvalue weighted by atomic mass is 35.5. The Kier molecular flexibility index (Phi) is 5.38. The van der Waals surface area contributed by atoms with Crippen molar-refractivity contribution in [2.24, 2.45) is 0 Å². The summed E-state index contributed by atoms with van der Waals surface area (Å²) in [6.45, 7) is 1.78. The summed E-state index contributed by atoms with van der Waals surface area (Å²) < 4.78 is 38.3. The number of carbonyl (C=O) groups is 1. The largest absolute Gasteiger partial charge is 0.468 e. The van der Waals surface area contributed by atoms with E-state index in [1.807, 2.05) is 0 Å². The predicted molar refractivity (Wildman–Crippen MR) is 113 cm³/mol. The lowest BCUT2D eigenvalue weighted by molar-refractivity contribution is 0.0998. The third kappa shape index (κ3) is 4.11. The van der Waals surface area contributed by atoms with E-state index in [4.69, 9.17) is 20.4 Å². The summed E-state index contributed by atoms with van der Waals surface area (Å²) in [7, 11) is -3.79. The van der Waals surface area contributed by atoms with Crippen LogP contribution in [0, 0.1) is 6.92 Å². The van der Waals surface area contributed by atoms with Gasteiger partial charge in [0.2, 0.25) is 10.0 Å². The molecule has 0 bridgehead atoms. The zero-order chi connectivity index (χ0) is 21.3. The van der Waals surface area contributed by atoms with Gasteiger partial charge < -0.3 is 14.2 Å². The van der Waals surface area contributed by atoms with Crippen LogP contribution in [0.25, 0.3) is 11.0 Å². The summed E-state index contributed by atoms with van der Waals surface area (Å²) in [5.74, 6) is 0.137. The minimum Gasteiger partial charge on any atom is -0.468 e. The molecule has 0 unspecified atom stereocenters. The predicted octanol–water partition coefficient (Wildman–Crippen LogP) is 4.72. The van der Waals surface area contributed by atoms with E-state index >= 15 is 0 Å². The Morgan fingerprint density at radius 3 is 2.70 bits per heavy atom. The first kappa shape index (κ1) is 20.2. The fraction of sp³-hybridized carbons (Fsp3) is 0.0952. The van der Waals surface area contributed by atoms with Gasteiger partial charge in [-0.2, -0.15) is 0 Å². The molecule has 0 saturated carbocycles. The molecule has 30 heavy (non-hydrogen) atoms. The van der Waals surface area contributed by atoms with Gasteiger partial charge in [-0.05, 0) is 55.5 Å². The lowest BCUT2D eigenvalue weighted by Gasteiger charge is -2.08. The van der Waals surface area contributed by atoms with Crippen molar-refractivity contribution in [2.45, 2.75) is 18.4 Å². The van der Waals surface area contributed by atoms with Crippen molar-refractivity contribution in [3.05, 3.63) is 83.0 Å². The molecule has 2 N–H and O–H groups in total. The Bertz CT molecular complexity index is 1330. The molecule has 0 radical (unpaired) electrons. The highest BCUT2D eigenvalue weighted by Crippen LogP contribution is 2.28. The molecule has 2 aromatic carbocycles. The number of amides is 1. The number of benzene rings is 2. The summed E-state index contributed by atoms with van der Waals surface area (Å²) in [6.07, 6.45) is 1.47. The number of carbonyl (C=O) groups excluding carboxylic acids is 1. The first-order valence-corrected chi connectivity index (χ1v) is 10.8. The van der Waals surface area contributed by atoms with Crippen LogP contribution in [0.3, 0.4) is 0 Å². The van der Waals surface area contributed by atoms with E-state index < -0.39 is 15.9 Å². The Morgan fingerprint density at radius 1 is 1.10 bits per heavy atom. The molecule has 0 aliphatic rings. The summed E-state index contributed by atoms with van der Waals surface area (Å²) in [5.41, 5.74) is 1.51. The molecule has 0 spiro atoms. The molecule has 0 atom stereocenters. The smallest absolute Gasteiger partial charge is 0.291 e. The zero-order valence-corrected chi connectivity index (χ0v) is 17.4. The molecule has 7 nitrogen and oxygen atoms in total. The van der Waals surface area contributed by atoms with Crippen molar-refractivity contribution in [3.63, 3.8) is 0 Å². The van der Waals surface area contributed by atoms with Gasteiger partial charge in [-0.1, -0.05) is 17.7 Å². The molecule has 2 aromatic heterocycles. The highest BCUT2D eigenvalue weighted by molar-refractivity contribution is 7.89. The van der Waals surface area contributed by atoms with Crippen LogP contribution in [0.15, 0.2) is 74.6 Å². The fourth-order valence-electron chi connectivity index (χ4n) is 3.00. The Morgan fingerprint density at radius 2 is 1.93 bits per heavy atom. The maximum Gasteiger partial charge on any atom is 0.291 e. The number of nitrogens with one attached hydrogen (secondary N) is 2. The fourth-order valence-corrected chi connectivity index (χ4v) is 4.21. The average Bonchev–Trinajstić information content (AvgIpc) is 3.35. The molecule has 2 heterocycles. The van der Waals surface area contributed by atoms with Crippen molar-refractivity contribution in [1.82, 2.24) is 4.72 Å². The van der Waals surface area contributed by atoms with E-state index in [1.54, 1.807) is 49.4 Å². The van der Waals surface area contributed by atoms with E-state index in [9.17, 15) is 13.2 Å². The molecule has 0 saturated heterocycles. The monoisotopic (exact) mass is 444 g/mol. The molecule has 4 aromatic rings. The Balaban J connectivity index is 1.54. The van der Waals surface area contributed by atoms with Gasteiger partial charge in [0, 0.05) is 21.7 Å². The van der Waals surface area contributed by atoms with Gasteiger partial charge in [0.25, 0.3) is 5.91 Å². The molecule has 0 fully saturated rings. The second-order valence-electron chi connectivity index (χ2n) is 6.58. The minimum absolute atomic E-state index is 0.0139. The van der Waals surface area contributed by atoms with Crippen molar-refractivity contribution in [3.8, 4) is 0 Å². The van der Waals surface area contributed by atoms with Crippen LogP contribution < -0.4 is 10.0 Å². The lowest BCUT2D eigenvalue weighted by Crippen LogP contribution is -2.23. The molecule has 9 heteroatoms. The number of rotatable bonds is 6. The number of halogens is 1. The maximum absolute atomic E-state index is 12.7. The highest BCUT2D eigenvalue weighted by Gasteiger charge is 2.20. The van der Waals surface area contributed by atoms with Gasteiger partial charge in [0.15, 0.2) is 5.76 Å². The summed E-state index contributed by atoms with van der Waals surface area (Å²) in [5, 5.41) is 3.96. The first-order valence-electron chi connectivity index (χ1n) is 8.95. The number of aryl methyl sites for hydroxylation is 1. The first-order chi connectivity index (χ1) is 14.3. The normalized spacial score (nSPS) is 11.7. The Labute approximate surface area is 177 Å². The molecule has 4 rings (SSSR count). The third-order valence-corrected chi connectivity index (χ3v) is 6.16. The number of hydrogen-bond acceptors (Lipinski definition) is 5. The lowest BCUT2D eigenvalue weighted by atomic mass is 10.1. The van der Waals surface area contributed by atoms with E-state index in [1.165, 1.54) is 18.4 Å². The zero-order valence-electron chi connectivity index (χ0n) is 15.8. The van der Waals surface area contributed by atoms with E-state index in [0.717, 1.165) is 5.39 Å². The Hall–Kier alpha value is -3.07. The van der Waals surface area contributed by atoms with Crippen LogP contribution in [0.2, 0.25) is 5.02 Å². The van der Waals surface area contributed by atoms with E-state index in [2.05, 4.69) is 10.0 Å². The minimum atomic E-state index is -3.79. The maximum atomic E-state index is 12.7. The molecular weight excluding hydrogens is 428 g/mol. The quantitative estimate of drug-likeness (QED) is 0.448. The topological polar surface area (TPSA) is 102 Å². The van der Waals surface area contributed by atoms with Crippen LogP contribution >= 0.6 is 11.6 Å². The van der Waals surface area contributed by atoms with Crippen LogP contribution in [0.4, 0.5) is 5.69 Å². The van der Waals surface area contributed by atoms with Gasteiger partial charge in [-0.3, -0.25) is 4.79 Å². The molecule has 0 aliphatic heterocycles. The van der Waals surface area contributed by atoms with Gasteiger partial charge in [-0.15, -0.1) is 0 Å². The van der Waals surface area contributed by atoms with E-state index in [-0.39, 0.29) is 17.2 Å². The summed E-state index contributed by atoms with van der Waals surface area (Å²) in [6, 6.07) is 14.4. The number of hydrogen-bond donors (Lipinski definition) is 2. The molecular formula is C21H17ClN2O5S. The van der Waals surface area contributed by atoms with Gasteiger partial charge in [0.1, 0.15) is 11.3 Å². The van der Waals surface area contributed by atoms with Gasteiger partial charge in [-0.25, -0.2) is 13.1 Å². The van der Waals surface area contributed by atoms with Crippen molar-refractivity contribution in [1.29, 1.82) is 0 Å². The van der Waals surface area contributed by atoms with Crippen LogP contribution in [0.1, 0.15) is 21.9 Å². The second-order valence-corrected chi connectivity index (χ2v) is 8.79. The second kappa shape index (κ2) is 7.98. The average molecular weight is 445 g/mol. The van der Waals surface area contributed by atoms with Crippen molar-refractivity contribution in [2.75, 3.05) is 5.32 Å². The SMILES string of the molecule is Cc1c(C(=O)Nc2cccc(S(=O)(=O)NCc3ccco3)c2)oc2ccc(Cl)cc12. The van der Waals surface area contributed by atoms with Crippen LogP contribution in [0.5, 0.6) is 0 Å². The number of sulfonamides is 1. The third-order valence-electron chi connectivity index (χ3n) is 4.52. The molecule has 1 amide bonds. The molecule has 154 valence electrons. The van der Waals surface area contributed by atoms with Gasteiger partial charge >= 0.3 is 0 Å². The number of fused-ring (bicyclic) bond motifs is 1. The number of furan rings is 2. The van der Waals surface area contributed by atoms with Crippen molar-refractivity contribution < 1.29 is 22.0 Å². The summed E-state index contributed by atoms with van der Waals surface area (Å²) in [4.78, 5) is 12.7. The van der Waals surface area contributed by atoms with E-state index in [0.29, 0.717) is 27.6 Å². The summed E-state index contributed by atoms with van der Waals surface area (Å²) >= 11 is 6.02. The standard InChI is InChI=1S/C21H17ClN2O5S/c1-13-18-10-14(22)7-8-19(18)29-20(13)21(25)24-15-4-2-6-17(11-15)30(26,27)23-12-16-5-3-9-28-16/h2-11,23H,12H2,1H3,(H,24,25). The van der Waals surface area contributed by atoms with Crippen LogP contribution in [-0.4, -0.2) is 14.3 Å². The molecule has 0 aliphatic carbocycles. The van der Waals surface area contributed by atoms with Gasteiger partial charge in [0.05, 0.1) is 17.7 Å². The number of anilines is 1.